The molecule has 0 bridgehead atoms. The number of likely N-dealkylation sites (N-methyl/N-ethyl adjacent to an activating group) is 1. The highest BCUT2D eigenvalue weighted by atomic mass is 16.5. The monoisotopic (exact) mass is 246 g/mol. The zero-order valence-corrected chi connectivity index (χ0v) is 11.3. The van der Waals surface area contributed by atoms with Crippen LogP contribution in [0, 0.1) is 6.92 Å². The second-order valence-electron chi connectivity index (χ2n) is 5.71. The Balaban J connectivity index is 1.52. The van der Waals surface area contributed by atoms with Crippen LogP contribution in [0.5, 0.6) is 5.75 Å². The molecule has 1 fully saturated rings. The van der Waals surface area contributed by atoms with Gasteiger partial charge in [-0.2, -0.15) is 0 Å². The van der Waals surface area contributed by atoms with Crippen molar-refractivity contribution in [3.8, 4) is 5.75 Å². The third-order valence-corrected chi connectivity index (χ3v) is 3.98. The van der Waals surface area contributed by atoms with E-state index in [0.29, 0.717) is 12.1 Å². The third kappa shape index (κ3) is 2.52. The predicted octanol–water partition coefficient (Wildman–Crippen LogP) is 1.59. The van der Waals surface area contributed by atoms with E-state index < -0.39 is 0 Å². The molecular formula is C15H22N2O. The second kappa shape index (κ2) is 4.90. The maximum Gasteiger partial charge on any atom is 0.123 e. The molecule has 3 rings (SSSR count). The highest BCUT2D eigenvalue weighted by Gasteiger charge is 2.25. The van der Waals surface area contributed by atoms with Crippen LogP contribution in [-0.4, -0.2) is 43.7 Å². The summed E-state index contributed by atoms with van der Waals surface area (Å²) >= 11 is 0. The summed E-state index contributed by atoms with van der Waals surface area (Å²) in [6.07, 6.45) is 2.62. The SMILES string of the molecule is Cc1ccc2c(c1)CC(CNC1CCN(C)C1)O2. The average molecular weight is 246 g/mol. The van der Waals surface area contributed by atoms with Crippen LogP contribution in [0.25, 0.3) is 0 Å². The molecule has 18 heavy (non-hydrogen) atoms. The van der Waals surface area contributed by atoms with Crippen LogP contribution in [0.2, 0.25) is 0 Å². The van der Waals surface area contributed by atoms with Crippen molar-refractivity contribution in [1.82, 2.24) is 10.2 Å². The fourth-order valence-corrected chi connectivity index (χ4v) is 2.96. The van der Waals surface area contributed by atoms with Gasteiger partial charge in [0.15, 0.2) is 0 Å². The summed E-state index contributed by atoms with van der Waals surface area (Å²) in [6.45, 7) is 5.48. The van der Waals surface area contributed by atoms with E-state index in [1.807, 2.05) is 0 Å². The Morgan fingerprint density at radius 2 is 2.33 bits per heavy atom. The minimum absolute atomic E-state index is 0.313. The summed E-state index contributed by atoms with van der Waals surface area (Å²) in [4.78, 5) is 2.38. The maximum absolute atomic E-state index is 5.97. The largest absolute Gasteiger partial charge is 0.488 e. The Hall–Kier alpha value is -1.06. The molecule has 2 unspecified atom stereocenters. The van der Waals surface area contributed by atoms with Crippen molar-refractivity contribution in [2.24, 2.45) is 0 Å². The number of rotatable bonds is 3. The van der Waals surface area contributed by atoms with Gasteiger partial charge in [0.25, 0.3) is 0 Å². The average Bonchev–Trinajstić information content (AvgIpc) is 2.92. The van der Waals surface area contributed by atoms with Crippen LogP contribution in [-0.2, 0) is 6.42 Å². The number of nitrogens with zero attached hydrogens (tertiary/aromatic N) is 1. The molecule has 2 atom stereocenters. The fraction of sp³-hybridized carbons (Fsp3) is 0.600. The molecule has 98 valence electrons. The molecule has 0 aromatic heterocycles. The van der Waals surface area contributed by atoms with E-state index in [1.165, 1.54) is 30.6 Å². The van der Waals surface area contributed by atoms with Crippen molar-refractivity contribution < 1.29 is 4.74 Å². The number of hydrogen-bond donors (Lipinski definition) is 1. The highest BCUT2D eigenvalue weighted by Crippen LogP contribution is 2.29. The molecule has 1 aromatic rings. The first-order valence-electron chi connectivity index (χ1n) is 6.89. The molecule has 3 nitrogen and oxygen atoms in total. The molecule has 3 heteroatoms. The van der Waals surface area contributed by atoms with Gasteiger partial charge in [0.1, 0.15) is 11.9 Å². The lowest BCUT2D eigenvalue weighted by Crippen LogP contribution is -2.38. The van der Waals surface area contributed by atoms with Gasteiger partial charge in [-0.1, -0.05) is 17.7 Å². The molecule has 2 aliphatic heterocycles. The molecule has 0 spiro atoms. The number of hydrogen-bond acceptors (Lipinski definition) is 3. The van der Waals surface area contributed by atoms with Crippen LogP contribution < -0.4 is 10.1 Å². The number of ether oxygens (including phenoxy) is 1. The number of benzene rings is 1. The minimum atomic E-state index is 0.313. The zero-order chi connectivity index (χ0) is 12.5. The predicted molar refractivity (Wildman–Crippen MR) is 73.2 cm³/mol. The van der Waals surface area contributed by atoms with Crippen LogP contribution >= 0.6 is 0 Å². The molecule has 2 aliphatic rings. The van der Waals surface area contributed by atoms with Crippen LogP contribution in [0.1, 0.15) is 17.5 Å². The van der Waals surface area contributed by atoms with Crippen molar-refractivity contribution in [3.63, 3.8) is 0 Å². The van der Waals surface area contributed by atoms with Crippen molar-refractivity contribution in [2.45, 2.75) is 31.9 Å². The summed E-state index contributed by atoms with van der Waals surface area (Å²) in [5, 5.41) is 3.64. The Kier molecular flexibility index (Phi) is 3.27. The minimum Gasteiger partial charge on any atom is -0.488 e. The lowest BCUT2D eigenvalue weighted by molar-refractivity contribution is 0.221. The molecule has 1 saturated heterocycles. The summed E-state index contributed by atoms with van der Waals surface area (Å²) in [5.41, 5.74) is 2.69. The van der Waals surface area contributed by atoms with Crippen molar-refractivity contribution in [3.05, 3.63) is 29.3 Å². The zero-order valence-electron chi connectivity index (χ0n) is 11.3. The van der Waals surface area contributed by atoms with E-state index in [4.69, 9.17) is 4.74 Å². The number of likely N-dealkylation sites (tertiary alicyclic amines) is 1. The fourth-order valence-electron chi connectivity index (χ4n) is 2.96. The Labute approximate surface area is 109 Å². The van der Waals surface area contributed by atoms with Gasteiger partial charge in [-0.25, -0.2) is 0 Å². The van der Waals surface area contributed by atoms with Gasteiger partial charge >= 0.3 is 0 Å². The van der Waals surface area contributed by atoms with Crippen LogP contribution in [0.15, 0.2) is 18.2 Å². The van der Waals surface area contributed by atoms with Gasteiger partial charge in [0.05, 0.1) is 0 Å². The van der Waals surface area contributed by atoms with E-state index in [9.17, 15) is 0 Å². The quantitative estimate of drug-likeness (QED) is 0.876. The molecule has 0 saturated carbocycles. The molecule has 1 N–H and O–H groups in total. The van der Waals surface area contributed by atoms with Gasteiger partial charge in [-0.05, 0) is 38.6 Å². The van der Waals surface area contributed by atoms with E-state index in [2.05, 4.69) is 42.4 Å². The van der Waals surface area contributed by atoms with Gasteiger partial charge in [0, 0.05) is 25.6 Å². The second-order valence-corrected chi connectivity index (χ2v) is 5.71. The van der Waals surface area contributed by atoms with Crippen LogP contribution in [0.3, 0.4) is 0 Å². The van der Waals surface area contributed by atoms with Gasteiger partial charge in [-0.3, -0.25) is 0 Å². The Morgan fingerprint density at radius 3 is 3.11 bits per heavy atom. The van der Waals surface area contributed by atoms with Gasteiger partial charge < -0.3 is 15.0 Å². The first-order chi connectivity index (χ1) is 8.70. The Bertz CT molecular complexity index is 433. The van der Waals surface area contributed by atoms with E-state index in [-0.39, 0.29) is 0 Å². The Morgan fingerprint density at radius 1 is 1.44 bits per heavy atom. The normalized spacial score (nSPS) is 27.2. The van der Waals surface area contributed by atoms with Crippen molar-refractivity contribution in [2.75, 3.05) is 26.7 Å². The van der Waals surface area contributed by atoms with Crippen LogP contribution in [0.4, 0.5) is 0 Å². The smallest absolute Gasteiger partial charge is 0.123 e. The van der Waals surface area contributed by atoms with Gasteiger partial charge in [0.2, 0.25) is 0 Å². The first kappa shape index (κ1) is 12.0. The summed E-state index contributed by atoms with van der Waals surface area (Å²) in [7, 11) is 2.19. The summed E-state index contributed by atoms with van der Waals surface area (Å²) in [6, 6.07) is 7.12. The number of fused-ring (bicyclic) bond motifs is 1. The molecule has 0 radical (unpaired) electrons. The highest BCUT2D eigenvalue weighted by molar-refractivity contribution is 5.40. The van der Waals surface area contributed by atoms with E-state index in [1.54, 1.807) is 0 Å². The third-order valence-electron chi connectivity index (χ3n) is 3.98. The molecule has 0 aliphatic carbocycles. The van der Waals surface area contributed by atoms with Crippen molar-refractivity contribution in [1.29, 1.82) is 0 Å². The van der Waals surface area contributed by atoms with Gasteiger partial charge in [-0.15, -0.1) is 0 Å². The molecule has 2 heterocycles. The molecule has 1 aromatic carbocycles. The number of aryl methyl sites for hydroxylation is 1. The first-order valence-corrected chi connectivity index (χ1v) is 6.89. The number of nitrogens with one attached hydrogen (secondary N) is 1. The lowest BCUT2D eigenvalue weighted by atomic mass is 10.1. The van der Waals surface area contributed by atoms with E-state index in [0.717, 1.165) is 18.7 Å². The summed E-state index contributed by atoms with van der Waals surface area (Å²) in [5.74, 6) is 1.08. The van der Waals surface area contributed by atoms with E-state index >= 15 is 0 Å². The summed E-state index contributed by atoms with van der Waals surface area (Å²) < 4.78 is 5.97. The topological polar surface area (TPSA) is 24.5 Å². The standard InChI is InChI=1S/C15H22N2O/c1-11-3-4-15-12(7-11)8-14(18-15)9-16-13-5-6-17(2)10-13/h3-4,7,13-14,16H,5-6,8-10H2,1-2H3. The van der Waals surface area contributed by atoms with Crippen molar-refractivity contribution >= 4 is 0 Å². The molecular weight excluding hydrogens is 224 g/mol. The maximum atomic E-state index is 5.97. The molecule has 0 amide bonds. The lowest BCUT2D eigenvalue weighted by Gasteiger charge is -2.16.